The Hall–Kier alpha value is -3.24. The molecule has 1 aliphatic heterocycles. The predicted molar refractivity (Wildman–Crippen MR) is 153 cm³/mol. The average molecular weight is 496 g/mol. The molecule has 0 spiro atoms. The highest BCUT2D eigenvalue weighted by atomic mass is 16.1. The lowest BCUT2D eigenvalue weighted by atomic mass is 9.88. The summed E-state index contributed by atoms with van der Waals surface area (Å²) in [6, 6.07) is 26.1. The molecule has 1 saturated heterocycles. The monoisotopic (exact) mass is 495 g/mol. The average Bonchev–Trinajstić information content (AvgIpc) is 2.96. The zero-order valence-corrected chi connectivity index (χ0v) is 22.0. The Bertz CT molecular complexity index is 1020. The number of unbranched alkanes of at least 4 members (excludes halogenated alkanes) is 4. The van der Waals surface area contributed by atoms with Gasteiger partial charge in [0.05, 0.1) is 6.04 Å². The van der Waals surface area contributed by atoms with Gasteiger partial charge in [-0.15, -0.1) is 0 Å². The first kappa shape index (κ1) is 26.8. The number of benzene rings is 2. The van der Waals surface area contributed by atoms with Crippen molar-refractivity contribution < 1.29 is 4.79 Å². The molecule has 194 valence electrons. The molecule has 0 unspecified atom stereocenters. The van der Waals surface area contributed by atoms with Gasteiger partial charge >= 0.3 is 0 Å². The van der Waals surface area contributed by atoms with Crippen molar-refractivity contribution in [3.05, 3.63) is 108 Å². The van der Waals surface area contributed by atoms with Crippen molar-refractivity contribution in [2.45, 2.75) is 57.4 Å². The van der Waals surface area contributed by atoms with Gasteiger partial charge in [0, 0.05) is 25.0 Å². The van der Waals surface area contributed by atoms with Gasteiger partial charge in [0.25, 0.3) is 0 Å². The van der Waals surface area contributed by atoms with Crippen molar-refractivity contribution in [3.63, 3.8) is 0 Å². The highest BCUT2D eigenvalue weighted by Crippen LogP contribution is 2.33. The fraction of sp³-hybridized carbons (Fsp3) is 0.394. The molecule has 0 atom stereocenters. The third-order valence-corrected chi connectivity index (χ3v) is 7.44. The number of hydrogen-bond acceptors (Lipinski definition) is 3. The third kappa shape index (κ3) is 8.98. The predicted octanol–water partition coefficient (Wildman–Crippen LogP) is 7.05. The second kappa shape index (κ2) is 15.1. The molecule has 2 aromatic carbocycles. The maximum atomic E-state index is 11.9. The second-order valence-electron chi connectivity index (χ2n) is 10.2. The minimum atomic E-state index is -0.0306. The summed E-state index contributed by atoms with van der Waals surface area (Å²) in [4.78, 5) is 18.7. The molecule has 1 amide bonds. The van der Waals surface area contributed by atoms with Gasteiger partial charge in [0.15, 0.2) is 0 Å². The van der Waals surface area contributed by atoms with Crippen LogP contribution in [0.4, 0.5) is 0 Å². The normalized spacial score (nSPS) is 14.8. The number of carbonyl (C=O) groups excluding carboxylic acids is 1. The standard InChI is InChI=1S/C33H41N3O/c37-32(20-19-29-14-12-23-34-27-29)35-24-11-3-1-2-6-13-28-21-25-36(26-22-28)33(30-15-7-4-8-16-30)31-17-9-5-10-18-31/h4-5,7-10,12,14-20,23,27-28,33H,1-3,6,11,13,21-22,24-26H2,(H,35,37)/b20-19+. The lowest BCUT2D eigenvalue weighted by Crippen LogP contribution is -2.37. The van der Waals surface area contributed by atoms with E-state index in [0.29, 0.717) is 6.04 Å². The molecule has 4 rings (SSSR count). The van der Waals surface area contributed by atoms with Gasteiger partial charge in [-0.2, -0.15) is 0 Å². The van der Waals surface area contributed by atoms with Crippen molar-refractivity contribution in [3.8, 4) is 0 Å². The van der Waals surface area contributed by atoms with Gasteiger partial charge in [-0.1, -0.05) is 98.8 Å². The second-order valence-corrected chi connectivity index (χ2v) is 10.2. The number of pyridine rings is 1. The Morgan fingerprint density at radius 3 is 2.16 bits per heavy atom. The minimum absolute atomic E-state index is 0.0306. The van der Waals surface area contributed by atoms with Gasteiger partial charge in [0.2, 0.25) is 5.91 Å². The van der Waals surface area contributed by atoms with Crippen LogP contribution in [0.1, 0.15) is 74.1 Å². The van der Waals surface area contributed by atoms with Crippen LogP contribution in [0.5, 0.6) is 0 Å². The molecule has 1 fully saturated rings. The molecule has 1 aliphatic rings. The molecule has 0 bridgehead atoms. The summed E-state index contributed by atoms with van der Waals surface area (Å²) in [5.74, 6) is 0.825. The summed E-state index contributed by atoms with van der Waals surface area (Å²) < 4.78 is 0. The number of aromatic nitrogens is 1. The molecular weight excluding hydrogens is 454 g/mol. The van der Waals surface area contributed by atoms with Crippen LogP contribution in [0.3, 0.4) is 0 Å². The van der Waals surface area contributed by atoms with E-state index in [-0.39, 0.29) is 5.91 Å². The van der Waals surface area contributed by atoms with E-state index in [0.717, 1.165) is 24.4 Å². The number of piperidine rings is 1. The Morgan fingerprint density at radius 2 is 1.51 bits per heavy atom. The molecule has 3 aromatic rings. The van der Waals surface area contributed by atoms with Crippen molar-refractivity contribution in [2.24, 2.45) is 5.92 Å². The fourth-order valence-electron chi connectivity index (χ4n) is 5.39. The third-order valence-electron chi connectivity index (χ3n) is 7.44. The molecule has 4 heteroatoms. The highest BCUT2D eigenvalue weighted by molar-refractivity contribution is 5.91. The van der Waals surface area contributed by atoms with E-state index in [4.69, 9.17) is 0 Å². The smallest absolute Gasteiger partial charge is 0.243 e. The van der Waals surface area contributed by atoms with E-state index < -0.39 is 0 Å². The van der Waals surface area contributed by atoms with Crippen molar-refractivity contribution in [1.82, 2.24) is 15.2 Å². The van der Waals surface area contributed by atoms with Gasteiger partial charge < -0.3 is 5.32 Å². The Labute approximate surface area is 222 Å². The summed E-state index contributed by atoms with van der Waals surface area (Å²) in [5.41, 5.74) is 3.73. The van der Waals surface area contributed by atoms with Crippen LogP contribution in [0.25, 0.3) is 6.08 Å². The number of nitrogens with one attached hydrogen (secondary N) is 1. The van der Waals surface area contributed by atoms with Crippen LogP contribution in [0, 0.1) is 5.92 Å². The fourth-order valence-corrected chi connectivity index (χ4v) is 5.39. The number of likely N-dealkylation sites (tertiary alicyclic amines) is 1. The molecular formula is C33H41N3O. The first-order chi connectivity index (χ1) is 18.3. The number of hydrogen-bond donors (Lipinski definition) is 1. The van der Waals surface area contributed by atoms with Crippen molar-refractivity contribution >= 4 is 12.0 Å². The van der Waals surface area contributed by atoms with E-state index in [2.05, 4.69) is 75.9 Å². The lowest BCUT2D eigenvalue weighted by Gasteiger charge is -2.38. The molecule has 0 radical (unpaired) electrons. The summed E-state index contributed by atoms with van der Waals surface area (Å²) in [7, 11) is 0. The maximum absolute atomic E-state index is 11.9. The molecule has 1 aromatic heterocycles. The topological polar surface area (TPSA) is 45.2 Å². The first-order valence-electron chi connectivity index (χ1n) is 14.0. The van der Waals surface area contributed by atoms with Crippen LogP contribution < -0.4 is 5.32 Å². The molecule has 37 heavy (non-hydrogen) atoms. The molecule has 0 saturated carbocycles. The van der Waals surface area contributed by atoms with Gasteiger partial charge in [-0.25, -0.2) is 0 Å². The van der Waals surface area contributed by atoms with Gasteiger partial charge in [-0.3, -0.25) is 14.7 Å². The van der Waals surface area contributed by atoms with E-state index in [1.807, 2.05) is 12.1 Å². The summed E-state index contributed by atoms with van der Waals surface area (Å²) >= 11 is 0. The Morgan fingerprint density at radius 1 is 0.865 bits per heavy atom. The molecule has 4 nitrogen and oxygen atoms in total. The number of amides is 1. The molecule has 1 N–H and O–H groups in total. The Balaban J connectivity index is 1.08. The molecule has 0 aliphatic carbocycles. The molecule has 2 heterocycles. The Kier molecular flexibility index (Phi) is 11.0. The number of rotatable bonds is 13. The van der Waals surface area contributed by atoms with Gasteiger partial charge in [-0.05, 0) is 67.1 Å². The largest absolute Gasteiger partial charge is 0.353 e. The van der Waals surface area contributed by atoms with E-state index in [9.17, 15) is 4.79 Å². The van der Waals surface area contributed by atoms with Crippen LogP contribution in [0.2, 0.25) is 0 Å². The van der Waals surface area contributed by atoms with Crippen molar-refractivity contribution in [1.29, 1.82) is 0 Å². The minimum Gasteiger partial charge on any atom is -0.353 e. The van der Waals surface area contributed by atoms with Crippen LogP contribution >= 0.6 is 0 Å². The first-order valence-corrected chi connectivity index (χ1v) is 14.0. The van der Waals surface area contributed by atoms with E-state index >= 15 is 0 Å². The van der Waals surface area contributed by atoms with Crippen LogP contribution in [-0.4, -0.2) is 35.4 Å². The van der Waals surface area contributed by atoms with Crippen LogP contribution in [-0.2, 0) is 4.79 Å². The maximum Gasteiger partial charge on any atom is 0.243 e. The van der Waals surface area contributed by atoms with Crippen molar-refractivity contribution in [2.75, 3.05) is 19.6 Å². The lowest BCUT2D eigenvalue weighted by molar-refractivity contribution is -0.116. The zero-order chi connectivity index (χ0) is 25.5. The zero-order valence-electron chi connectivity index (χ0n) is 22.0. The van der Waals surface area contributed by atoms with Crippen LogP contribution in [0.15, 0.2) is 91.3 Å². The summed E-state index contributed by atoms with van der Waals surface area (Å²) in [5, 5.41) is 2.98. The van der Waals surface area contributed by atoms with E-state index in [1.54, 1.807) is 24.5 Å². The number of nitrogens with zero attached hydrogens (tertiary/aromatic N) is 2. The highest BCUT2D eigenvalue weighted by Gasteiger charge is 2.27. The van der Waals surface area contributed by atoms with Gasteiger partial charge in [0.1, 0.15) is 0 Å². The SMILES string of the molecule is O=C(/C=C/c1cccnc1)NCCCCCCCC1CCN(C(c2ccccc2)c2ccccc2)CC1. The van der Waals surface area contributed by atoms with E-state index in [1.165, 1.54) is 69.2 Å². The number of carbonyl (C=O) groups is 1. The summed E-state index contributed by atoms with van der Waals surface area (Å²) in [6.07, 6.45) is 16.9. The summed E-state index contributed by atoms with van der Waals surface area (Å²) in [6.45, 7) is 3.10. The quantitative estimate of drug-likeness (QED) is 0.204.